The summed E-state index contributed by atoms with van der Waals surface area (Å²) in [5, 5.41) is 13.1. The number of aromatic amines is 1. The molecule has 6 nitrogen and oxygen atoms in total. The molecule has 1 aliphatic heterocycles. The van der Waals surface area contributed by atoms with Crippen molar-refractivity contribution in [3.05, 3.63) is 30.6 Å². The van der Waals surface area contributed by atoms with E-state index in [0.717, 1.165) is 47.3 Å². The number of H-pyrrole nitrogens is 1. The normalized spacial score (nSPS) is 22.1. The third-order valence-corrected chi connectivity index (χ3v) is 4.47. The number of ether oxygens (including phenoxy) is 2. The molecule has 126 valence electrons. The van der Waals surface area contributed by atoms with Gasteiger partial charge in [-0.25, -0.2) is 0 Å². The third-order valence-electron chi connectivity index (χ3n) is 4.47. The molecule has 6 heteroatoms. The molecule has 1 N–H and O–H groups in total. The van der Waals surface area contributed by atoms with Crippen molar-refractivity contribution in [1.29, 1.82) is 0 Å². The van der Waals surface area contributed by atoms with Crippen LogP contribution >= 0.6 is 0 Å². The van der Waals surface area contributed by atoms with Crippen LogP contribution in [0, 0.1) is 0 Å². The van der Waals surface area contributed by atoms with Crippen molar-refractivity contribution in [3.63, 3.8) is 0 Å². The Kier molecular flexibility index (Phi) is 3.98. The lowest BCUT2D eigenvalue weighted by Crippen LogP contribution is -2.18. The number of nitrogens with zero attached hydrogens (tertiary/aromatic N) is 3. The first-order chi connectivity index (χ1) is 11.7. The van der Waals surface area contributed by atoms with E-state index in [4.69, 9.17) is 9.47 Å². The molecule has 1 aromatic carbocycles. The molecule has 1 aliphatic rings. The largest absolute Gasteiger partial charge is 0.491 e. The van der Waals surface area contributed by atoms with Gasteiger partial charge in [-0.3, -0.25) is 9.78 Å². The van der Waals surface area contributed by atoms with Crippen LogP contribution in [0.3, 0.4) is 0 Å². The van der Waals surface area contributed by atoms with Gasteiger partial charge in [-0.2, -0.15) is 10.2 Å². The monoisotopic (exact) mass is 326 g/mol. The molecule has 0 spiro atoms. The van der Waals surface area contributed by atoms with Crippen LogP contribution in [0.15, 0.2) is 30.6 Å². The minimum atomic E-state index is 0.108. The number of nitrogens with one attached hydrogen (secondary N) is 1. The average Bonchev–Trinajstić information content (AvgIpc) is 3.18. The van der Waals surface area contributed by atoms with Crippen molar-refractivity contribution in [2.75, 3.05) is 6.61 Å². The molecule has 4 rings (SSSR count). The van der Waals surface area contributed by atoms with Crippen molar-refractivity contribution in [1.82, 2.24) is 20.0 Å². The standard InChI is InChI=1S/C18H22N4O2/c1-12-5-7-22-11-14(10-19-22)18-16-9-15(3-4-17(16)20-21-18)24-13(2)6-8-23-12/h3-4,9-13H,5-8H2,1-2H3,(H,20,21)/t12-,13-/m1/s1. The van der Waals surface area contributed by atoms with E-state index in [1.54, 1.807) is 0 Å². The topological polar surface area (TPSA) is 65.0 Å². The van der Waals surface area contributed by atoms with Gasteiger partial charge in [0, 0.05) is 30.1 Å². The second-order valence-electron chi connectivity index (χ2n) is 6.46. The lowest BCUT2D eigenvalue weighted by Gasteiger charge is -2.17. The summed E-state index contributed by atoms with van der Waals surface area (Å²) >= 11 is 0. The third kappa shape index (κ3) is 3.01. The highest BCUT2D eigenvalue weighted by Crippen LogP contribution is 2.29. The van der Waals surface area contributed by atoms with E-state index in [-0.39, 0.29) is 12.2 Å². The first kappa shape index (κ1) is 15.2. The van der Waals surface area contributed by atoms with Gasteiger partial charge in [0.25, 0.3) is 0 Å². The first-order valence-corrected chi connectivity index (χ1v) is 8.48. The van der Waals surface area contributed by atoms with Gasteiger partial charge < -0.3 is 9.47 Å². The van der Waals surface area contributed by atoms with Crippen molar-refractivity contribution in [3.8, 4) is 17.0 Å². The van der Waals surface area contributed by atoms with E-state index in [1.807, 2.05) is 35.3 Å². The van der Waals surface area contributed by atoms with E-state index < -0.39 is 0 Å². The molecule has 2 aromatic heterocycles. The van der Waals surface area contributed by atoms with Gasteiger partial charge in [-0.05, 0) is 38.5 Å². The summed E-state index contributed by atoms with van der Waals surface area (Å²) in [6.07, 6.45) is 6.01. The fourth-order valence-electron chi connectivity index (χ4n) is 3.02. The summed E-state index contributed by atoms with van der Waals surface area (Å²) in [5.74, 6) is 0.855. The van der Waals surface area contributed by atoms with Crippen LogP contribution in [0.5, 0.6) is 5.75 Å². The molecule has 3 aromatic rings. The molecule has 0 radical (unpaired) electrons. The van der Waals surface area contributed by atoms with Crippen LogP contribution < -0.4 is 4.74 Å². The van der Waals surface area contributed by atoms with Gasteiger partial charge in [0.2, 0.25) is 0 Å². The van der Waals surface area contributed by atoms with Crippen LogP contribution in [0.25, 0.3) is 22.2 Å². The fraction of sp³-hybridized carbons (Fsp3) is 0.444. The molecule has 0 saturated heterocycles. The number of benzene rings is 1. The van der Waals surface area contributed by atoms with E-state index in [1.165, 1.54) is 0 Å². The maximum atomic E-state index is 6.05. The number of hydrogen-bond donors (Lipinski definition) is 1. The van der Waals surface area contributed by atoms with Crippen molar-refractivity contribution < 1.29 is 9.47 Å². The average molecular weight is 326 g/mol. The van der Waals surface area contributed by atoms with Gasteiger partial charge in [-0.15, -0.1) is 0 Å². The number of fused-ring (bicyclic) bond motifs is 4. The van der Waals surface area contributed by atoms with Crippen molar-refractivity contribution >= 4 is 10.9 Å². The van der Waals surface area contributed by atoms with Crippen LogP contribution in [-0.4, -0.2) is 38.8 Å². The number of rotatable bonds is 0. The Hall–Kier alpha value is -2.34. The minimum Gasteiger partial charge on any atom is -0.491 e. The highest BCUT2D eigenvalue weighted by atomic mass is 16.5. The molecule has 0 saturated carbocycles. The van der Waals surface area contributed by atoms with Gasteiger partial charge >= 0.3 is 0 Å². The lowest BCUT2D eigenvalue weighted by atomic mass is 10.1. The molecular formula is C18H22N4O2. The fourth-order valence-corrected chi connectivity index (χ4v) is 3.02. The summed E-state index contributed by atoms with van der Waals surface area (Å²) in [6, 6.07) is 6.03. The van der Waals surface area contributed by atoms with Crippen LogP contribution in [0.4, 0.5) is 0 Å². The molecule has 0 unspecified atom stereocenters. The Morgan fingerprint density at radius 2 is 2.12 bits per heavy atom. The zero-order chi connectivity index (χ0) is 16.5. The number of hydrogen-bond acceptors (Lipinski definition) is 4. The van der Waals surface area contributed by atoms with Gasteiger partial charge in [0.05, 0.1) is 30.5 Å². The Morgan fingerprint density at radius 1 is 1.21 bits per heavy atom. The summed E-state index contributed by atoms with van der Waals surface area (Å²) in [4.78, 5) is 0. The highest BCUT2D eigenvalue weighted by Gasteiger charge is 2.14. The predicted molar refractivity (Wildman–Crippen MR) is 92.1 cm³/mol. The molecule has 3 heterocycles. The zero-order valence-corrected chi connectivity index (χ0v) is 14.0. The zero-order valence-electron chi connectivity index (χ0n) is 14.0. The van der Waals surface area contributed by atoms with Crippen LogP contribution in [-0.2, 0) is 11.3 Å². The second-order valence-corrected chi connectivity index (χ2v) is 6.46. The number of aromatic nitrogens is 4. The maximum Gasteiger partial charge on any atom is 0.120 e. The van der Waals surface area contributed by atoms with E-state index >= 15 is 0 Å². The van der Waals surface area contributed by atoms with E-state index in [2.05, 4.69) is 29.1 Å². The Bertz CT molecular complexity index is 839. The van der Waals surface area contributed by atoms with Gasteiger partial charge in [0.1, 0.15) is 11.4 Å². The van der Waals surface area contributed by atoms with Gasteiger partial charge in [0.15, 0.2) is 0 Å². The molecule has 24 heavy (non-hydrogen) atoms. The van der Waals surface area contributed by atoms with Gasteiger partial charge in [-0.1, -0.05) is 0 Å². The summed E-state index contributed by atoms with van der Waals surface area (Å²) in [7, 11) is 0. The van der Waals surface area contributed by atoms with Crippen LogP contribution in [0.2, 0.25) is 0 Å². The molecule has 0 aliphatic carbocycles. The molecule has 2 atom stereocenters. The van der Waals surface area contributed by atoms with Crippen LogP contribution in [0.1, 0.15) is 26.7 Å². The van der Waals surface area contributed by atoms with E-state index in [0.29, 0.717) is 6.61 Å². The minimum absolute atomic E-state index is 0.108. The quantitative estimate of drug-likeness (QED) is 0.688. The molecular weight excluding hydrogens is 304 g/mol. The Balaban J connectivity index is 1.75. The van der Waals surface area contributed by atoms with E-state index in [9.17, 15) is 0 Å². The Morgan fingerprint density at radius 3 is 3.04 bits per heavy atom. The summed E-state index contributed by atoms with van der Waals surface area (Å²) < 4.78 is 13.9. The SMILES string of the molecule is C[C@@H]1CCn2cc(cn2)-c2n[nH]c3ccc(cc23)O[C@H](C)CCO1. The summed E-state index contributed by atoms with van der Waals surface area (Å²) in [5.41, 5.74) is 2.92. The maximum absolute atomic E-state index is 6.05. The second kappa shape index (κ2) is 6.28. The molecule has 0 amide bonds. The Labute approximate surface area is 140 Å². The number of aryl methyl sites for hydroxylation is 1. The first-order valence-electron chi connectivity index (χ1n) is 8.48. The summed E-state index contributed by atoms with van der Waals surface area (Å²) in [6.45, 7) is 5.72. The highest BCUT2D eigenvalue weighted by molar-refractivity contribution is 5.93. The van der Waals surface area contributed by atoms with Crippen molar-refractivity contribution in [2.24, 2.45) is 0 Å². The molecule has 0 fully saturated rings. The predicted octanol–water partition coefficient (Wildman–Crippen LogP) is 3.39. The van der Waals surface area contributed by atoms with Crippen molar-refractivity contribution in [2.45, 2.75) is 45.4 Å². The molecule has 4 bridgehead atoms. The smallest absolute Gasteiger partial charge is 0.120 e. The lowest BCUT2D eigenvalue weighted by molar-refractivity contribution is 0.0386.